The molecule has 0 spiro atoms. The quantitative estimate of drug-likeness (QED) is 0.856. The summed E-state index contributed by atoms with van der Waals surface area (Å²) in [6.07, 6.45) is 0.966. The van der Waals surface area contributed by atoms with Gasteiger partial charge in [0.2, 0.25) is 5.91 Å². The molecule has 4 heteroatoms. The smallest absolute Gasteiger partial charge is 0.227 e. The fraction of sp³-hybridized carbons (Fsp3) is 0.316. The van der Waals surface area contributed by atoms with E-state index in [9.17, 15) is 4.79 Å². The van der Waals surface area contributed by atoms with Crippen LogP contribution in [0.25, 0.3) is 0 Å². The lowest BCUT2D eigenvalue weighted by molar-refractivity contribution is -0.117. The summed E-state index contributed by atoms with van der Waals surface area (Å²) in [6.45, 7) is 4.67. The zero-order chi connectivity index (χ0) is 16.2. The molecule has 1 aliphatic rings. The van der Waals surface area contributed by atoms with E-state index in [4.69, 9.17) is 9.47 Å². The van der Waals surface area contributed by atoms with Crippen molar-refractivity contribution in [2.75, 3.05) is 11.9 Å². The molecule has 0 radical (unpaired) electrons. The maximum Gasteiger partial charge on any atom is 0.227 e. The molecule has 0 bridgehead atoms. The predicted molar refractivity (Wildman–Crippen MR) is 90.0 cm³/mol. The molecule has 0 heterocycles. The van der Waals surface area contributed by atoms with Crippen molar-refractivity contribution < 1.29 is 14.3 Å². The van der Waals surface area contributed by atoms with Crippen molar-refractivity contribution >= 4 is 11.6 Å². The minimum atomic E-state index is 0.0697. The highest BCUT2D eigenvalue weighted by molar-refractivity contribution is 5.95. The molecule has 0 aliphatic heterocycles. The van der Waals surface area contributed by atoms with E-state index in [0.717, 1.165) is 12.2 Å². The van der Waals surface area contributed by atoms with Crippen molar-refractivity contribution in [2.24, 2.45) is 11.8 Å². The average Bonchev–Trinajstić information content (AvgIpc) is 3.28. The van der Waals surface area contributed by atoms with E-state index in [0.29, 0.717) is 29.7 Å². The number of nitrogens with one attached hydrogen (secondary N) is 1. The summed E-state index contributed by atoms with van der Waals surface area (Å²) < 4.78 is 11.3. The van der Waals surface area contributed by atoms with Crippen LogP contribution in [0.4, 0.5) is 5.69 Å². The molecule has 120 valence electrons. The van der Waals surface area contributed by atoms with E-state index in [1.807, 2.05) is 55.5 Å². The number of rotatable bonds is 6. The topological polar surface area (TPSA) is 47.6 Å². The molecule has 1 saturated carbocycles. The summed E-state index contributed by atoms with van der Waals surface area (Å²) in [5, 5.41) is 2.97. The van der Waals surface area contributed by atoms with Crippen LogP contribution in [-0.4, -0.2) is 12.5 Å². The van der Waals surface area contributed by atoms with Crippen molar-refractivity contribution in [2.45, 2.75) is 20.3 Å². The highest BCUT2D eigenvalue weighted by Crippen LogP contribution is 2.39. The first-order valence-corrected chi connectivity index (χ1v) is 7.98. The van der Waals surface area contributed by atoms with Gasteiger partial charge in [0.25, 0.3) is 0 Å². The molecule has 3 rings (SSSR count). The lowest BCUT2D eigenvalue weighted by atomic mass is 10.2. The first kappa shape index (κ1) is 15.4. The number of hydrogen-bond donors (Lipinski definition) is 1. The molecular weight excluding hydrogens is 290 g/mol. The summed E-state index contributed by atoms with van der Waals surface area (Å²) in [6, 6.07) is 14.9. The number of carbonyl (C=O) groups is 1. The van der Waals surface area contributed by atoms with Gasteiger partial charge in [0.05, 0.1) is 12.3 Å². The SMILES string of the molecule is CCOc1ccc(Oc2ccccc2NC(=O)[C@H]2C[C@H]2C)cc1. The van der Waals surface area contributed by atoms with Crippen LogP contribution in [0.3, 0.4) is 0 Å². The van der Waals surface area contributed by atoms with Gasteiger partial charge in [-0.3, -0.25) is 4.79 Å². The third kappa shape index (κ3) is 3.83. The second kappa shape index (κ2) is 6.73. The molecule has 1 amide bonds. The summed E-state index contributed by atoms with van der Waals surface area (Å²) in [4.78, 5) is 12.1. The second-order valence-electron chi connectivity index (χ2n) is 5.81. The Balaban J connectivity index is 1.71. The standard InChI is InChI=1S/C19H21NO3/c1-3-22-14-8-10-15(11-9-14)23-18-7-5-4-6-17(18)20-19(21)16-12-13(16)2/h4-11,13,16H,3,12H2,1-2H3,(H,20,21)/t13-,16+/m1/s1. The second-order valence-corrected chi connectivity index (χ2v) is 5.81. The minimum absolute atomic E-state index is 0.0697. The Morgan fingerprint density at radius 2 is 1.78 bits per heavy atom. The fourth-order valence-electron chi connectivity index (χ4n) is 2.47. The van der Waals surface area contributed by atoms with Crippen LogP contribution >= 0.6 is 0 Å². The summed E-state index contributed by atoms with van der Waals surface area (Å²) >= 11 is 0. The molecule has 1 aliphatic carbocycles. The van der Waals surface area contributed by atoms with E-state index in [1.165, 1.54) is 0 Å². The normalized spacial score (nSPS) is 19.0. The van der Waals surface area contributed by atoms with Gasteiger partial charge in [-0.05, 0) is 55.7 Å². The minimum Gasteiger partial charge on any atom is -0.494 e. The van der Waals surface area contributed by atoms with Gasteiger partial charge >= 0.3 is 0 Å². The van der Waals surface area contributed by atoms with Gasteiger partial charge in [0.15, 0.2) is 5.75 Å². The maximum absolute atomic E-state index is 12.1. The Labute approximate surface area is 136 Å². The lowest BCUT2D eigenvalue weighted by Crippen LogP contribution is -2.14. The molecule has 4 nitrogen and oxygen atoms in total. The average molecular weight is 311 g/mol. The first-order valence-electron chi connectivity index (χ1n) is 7.98. The zero-order valence-corrected chi connectivity index (χ0v) is 13.4. The third-order valence-corrected chi connectivity index (χ3v) is 3.95. The maximum atomic E-state index is 12.1. The van der Waals surface area contributed by atoms with E-state index in [2.05, 4.69) is 12.2 Å². The van der Waals surface area contributed by atoms with Crippen molar-refractivity contribution in [1.82, 2.24) is 0 Å². The Morgan fingerprint density at radius 3 is 2.43 bits per heavy atom. The molecule has 1 fully saturated rings. The summed E-state index contributed by atoms with van der Waals surface area (Å²) in [5.41, 5.74) is 0.700. The number of hydrogen-bond acceptors (Lipinski definition) is 3. The monoisotopic (exact) mass is 311 g/mol. The molecule has 23 heavy (non-hydrogen) atoms. The summed E-state index contributed by atoms with van der Waals surface area (Å²) in [7, 11) is 0. The number of ether oxygens (including phenoxy) is 2. The Kier molecular flexibility index (Phi) is 4.51. The zero-order valence-electron chi connectivity index (χ0n) is 13.4. The van der Waals surface area contributed by atoms with E-state index in [-0.39, 0.29) is 11.8 Å². The van der Waals surface area contributed by atoms with Crippen LogP contribution in [0.15, 0.2) is 48.5 Å². The van der Waals surface area contributed by atoms with Crippen molar-refractivity contribution in [3.8, 4) is 17.2 Å². The van der Waals surface area contributed by atoms with Crippen molar-refractivity contribution in [1.29, 1.82) is 0 Å². The highest BCUT2D eigenvalue weighted by Gasteiger charge is 2.39. The van der Waals surface area contributed by atoms with E-state index < -0.39 is 0 Å². The van der Waals surface area contributed by atoms with Gasteiger partial charge < -0.3 is 14.8 Å². The van der Waals surface area contributed by atoms with Crippen LogP contribution in [-0.2, 0) is 4.79 Å². The number of anilines is 1. The highest BCUT2D eigenvalue weighted by atomic mass is 16.5. The first-order chi connectivity index (χ1) is 11.2. The molecule has 2 aromatic carbocycles. The molecule has 0 aromatic heterocycles. The number of para-hydroxylation sites is 2. The molecule has 1 N–H and O–H groups in total. The summed E-state index contributed by atoms with van der Waals surface area (Å²) in [5.74, 6) is 2.83. The van der Waals surface area contributed by atoms with Gasteiger partial charge in [-0.25, -0.2) is 0 Å². The molecule has 2 atom stereocenters. The van der Waals surface area contributed by atoms with Gasteiger partial charge in [0.1, 0.15) is 11.5 Å². The predicted octanol–water partition coefficient (Wildman–Crippen LogP) is 4.47. The number of amides is 1. The van der Waals surface area contributed by atoms with Crippen LogP contribution in [0.1, 0.15) is 20.3 Å². The van der Waals surface area contributed by atoms with E-state index in [1.54, 1.807) is 0 Å². The third-order valence-electron chi connectivity index (χ3n) is 3.95. The van der Waals surface area contributed by atoms with Crippen LogP contribution < -0.4 is 14.8 Å². The fourth-order valence-corrected chi connectivity index (χ4v) is 2.47. The van der Waals surface area contributed by atoms with Gasteiger partial charge in [-0.15, -0.1) is 0 Å². The lowest BCUT2D eigenvalue weighted by Gasteiger charge is -2.12. The Morgan fingerprint density at radius 1 is 1.13 bits per heavy atom. The van der Waals surface area contributed by atoms with E-state index >= 15 is 0 Å². The van der Waals surface area contributed by atoms with Crippen LogP contribution in [0.5, 0.6) is 17.2 Å². The largest absolute Gasteiger partial charge is 0.494 e. The number of benzene rings is 2. The van der Waals surface area contributed by atoms with Crippen molar-refractivity contribution in [3.05, 3.63) is 48.5 Å². The number of carbonyl (C=O) groups excluding carboxylic acids is 1. The molecule has 2 aromatic rings. The molecule has 0 saturated heterocycles. The molecule has 0 unspecified atom stereocenters. The van der Waals surface area contributed by atoms with Gasteiger partial charge in [-0.2, -0.15) is 0 Å². The Hall–Kier alpha value is -2.49. The molecular formula is C19H21NO3. The van der Waals surface area contributed by atoms with Crippen LogP contribution in [0, 0.1) is 11.8 Å². The van der Waals surface area contributed by atoms with Crippen molar-refractivity contribution in [3.63, 3.8) is 0 Å². The van der Waals surface area contributed by atoms with Gasteiger partial charge in [0, 0.05) is 5.92 Å². The van der Waals surface area contributed by atoms with Crippen LogP contribution in [0.2, 0.25) is 0 Å². The van der Waals surface area contributed by atoms with Gasteiger partial charge in [-0.1, -0.05) is 19.1 Å². The Bertz CT molecular complexity index is 681.